The Labute approximate surface area is 95.9 Å². The lowest BCUT2D eigenvalue weighted by atomic mass is 10.0. The van der Waals surface area contributed by atoms with Crippen LogP contribution in [-0.2, 0) is 19.5 Å². The van der Waals surface area contributed by atoms with Crippen molar-refractivity contribution in [3.63, 3.8) is 0 Å². The number of hydrogen-bond acceptors (Lipinski definition) is 2. The molecule has 0 saturated heterocycles. The van der Waals surface area contributed by atoms with Gasteiger partial charge >= 0.3 is 0 Å². The standard InChI is InChI=1S/C13H17N3/c14-10-13-5-2-1-4-12(13)6-3-8-16-9-7-15-11-16/h1-2,4-5,7,9,11H,3,6,8,10,14H2. The third-order valence-corrected chi connectivity index (χ3v) is 2.76. The Bertz CT molecular complexity index is 421. The second-order valence-electron chi connectivity index (χ2n) is 3.88. The SMILES string of the molecule is NCc1ccccc1CCCn1ccnc1. The highest BCUT2D eigenvalue weighted by Crippen LogP contribution is 2.10. The van der Waals surface area contributed by atoms with E-state index in [0.717, 1.165) is 19.4 Å². The number of aryl methyl sites for hydroxylation is 2. The fourth-order valence-electron chi connectivity index (χ4n) is 1.87. The summed E-state index contributed by atoms with van der Waals surface area (Å²) >= 11 is 0. The molecule has 0 bridgehead atoms. The lowest BCUT2D eigenvalue weighted by molar-refractivity contribution is 0.640. The maximum atomic E-state index is 5.70. The molecule has 0 spiro atoms. The number of hydrogen-bond donors (Lipinski definition) is 1. The number of benzene rings is 1. The van der Waals surface area contributed by atoms with E-state index in [4.69, 9.17) is 5.73 Å². The van der Waals surface area contributed by atoms with E-state index in [1.54, 1.807) is 0 Å². The maximum absolute atomic E-state index is 5.70. The molecule has 3 nitrogen and oxygen atoms in total. The van der Waals surface area contributed by atoms with Crippen LogP contribution in [0, 0.1) is 0 Å². The first kappa shape index (κ1) is 10.9. The molecule has 0 atom stereocenters. The number of rotatable bonds is 5. The van der Waals surface area contributed by atoms with Crippen LogP contribution in [-0.4, -0.2) is 9.55 Å². The molecular formula is C13H17N3. The second-order valence-corrected chi connectivity index (χ2v) is 3.88. The van der Waals surface area contributed by atoms with E-state index >= 15 is 0 Å². The van der Waals surface area contributed by atoms with Crippen LogP contribution in [0.1, 0.15) is 17.5 Å². The Hall–Kier alpha value is -1.61. The van der Waals surface area contributed by atoms with Gasteiger partial charge in [-0.3, -0.25) is 0 Å². The van der Waals surface area contributed by atoms with Crippen molar-refractivity contribution in [2.24, 2.45) is 5.73 Å². The summed E-state index contributed by atoms with van der Waals surface area (Å²) in [7, 11) is 0. The molecule has 2 N–H and O–H groups in total. The highest BCUT2D eigenvalue weighted by atomic mass is 15.0. The highest BCUT2D eigenvalue weighted by Gasteiger charge is 1.99. The van der Waals surface area contributed by atoms with E-state index in [9.17, 15) is 0 Å². The number of nitrogens with two attached hydrogens (primary N) is 1. The van der Waals surface area contributed by atoms with Crippen LogP contribution in [0.3, 0.4) is 0 Å². The van der Waals surface area contributed by atoms with Crippen LogP contribution in [0.4, 0.5) is 0 Å². The fourth-order valence-corrected chi connectivity index (χ4v) is 1.87. The summed E-state index contributed by atoms with van der Waals surface area (Å²) in [6.45, 7) is 1.64. The van der Waals surface area contributed by atoms with Crippen LogP contribution in [0.2, 0.25) is 0 Å². The molecule has 0 amide bonds. The molecule has 1 aromatic heterocycles. The van der Waals surface area contributed by atoms with Gasteiger partial charge in [0.2, 0.25) is 0 Å². The van der Waals surface area contributed by atoms with E-state index in [-0.39, 0.29) is 0 Å². The van der Waals surface area contributed by atoms with Crippen LogP contribution in [0.5, 0.6) is 0 Å². The van der Waals surface area contributed by atoms with Crippen molar-refractivity contribution in [1.29, 1.82) is 0 Å². The molecule has 0 unspecified atom stereocenters. The van der Waals surface area contributed by atoms with Crippen LogP contribution < -0.4 is 5.73 Å². The smallest absolute Gasteiger partial charge is 0.0945 e. The topological polar surface area (TPSA) is 43.8 Å². The zero-order valence-electron chi connectivity index (χ0n) is 9.34. The van der Waals surface area contributed by atoms with Crippen molar-refractivity contribution in [1.82, 2.24) is 9.55 Å². The second kappa shape index (κ2) is 5.47. The Balaban J connectivity index is 1.89. The number of imidazole rings is 1. The van der Waals surface area contributed by atoms with Gasteiger partial charge in [0.15, 0.2) is 0 Å². The van der Waals surface area contributed by atoms with Gasteiger partial charge in [-0.1, -0.05) is 24.3 Å². The third kappa shape index (κ3) is 2.70. The molecular weight excluding hydrogens is 198 g/mol. The predicted molar refractivity (Wildman–Crippen MR) is 64.9 cm³/mol. The summed E-state index contributed by atoms with van der Waals surface area (Å²) in [5, 5.41) is 0. The lowest BCUT2D eigenvalue weighted by Crippen LogP contribution is -2.03. The van der Waals surface area contributed by atoms with Crippen LogP contribution in [0.15, 0.2) is 43.0 Å². The predicted octanol–water partition coefficient (Wildman–Crippen LogP) is 1.97. The zero-order chi connectivity index (χ0) is 11.2. The van der Waals surface area contributed by atoms with E-state index in [0.29, 0.717) is 6.54 Å². The number of nitrogens with zero attached hydrogens (tertiary/aromatic N) is 2. The molecule has 0 fully saturated rings. The molecule has 0 aliphatic heterocycles. The van der Waals surface area contributed by atoms with Crippen molar-refractivity contribution < 1.29 is 0 Å². The van der Waals surface area contributed by atoms with E-state index in [2.05, 4.69) is 27.8 Å². The molecule has 2 aromatic rings. The third-order valence-electron chi connectivity index (χ3n) is 2.76. The fraction of sp³-hybridized carbons (Fsp3) is 0.308. The van der Waals surface area contributed by atoms with Gasteiger partial charge in [-0.2, -0.15) is 0 Å². The normalized spacial score (nSPS) is 10.6. The average molecular weight is 215 g/mol. The highest BCUT2D eigenvalue weighted by molar-refractivity contribution is 5.26. The van der Waals surface area contributed by atoms with Gasteiger partial charge in [0.05, 0.1) is 6.33 Å². The molecule has 0 aliphatic carbocycles. The molecule has 84 valence electrons. The lowest BCUT2D eigenvalue weighted by Gasteiger charge is -2.07. The van der Waals surface area contributed by atoms with Gasteiger partial charge < -0.3 is 10.3 Å². The summed E-state index contributed by atoms with van der Waals surface area (Å²) in [6.07, 6.45) is 7.86. The maximum Gasteiger partial charge on any atom is 0.0945 e. The van der Waals surface area contributed by atoms with Gasteiger partial charge in [-0.25, -0.2) is 4.98 Å². The van der Waals surface area contributed by atoms with Crippen LogP contribution in [0.25, 0.3) is 0 Å². The Morgan fingerprint density at radius 1 is 1.19 bits per heavy atom. The Kier molecular flexibility index (Phi) is 3.72. The van der Waals surface area contributed by atoms with Crippen molar-refractivity contribution >= 4 is 0 Å². The van der Waals surface area contributed by atoms with Crippen molar-refractivity contribution in [3.8, 4) is 0 Å². The van der Waals surface area contributed by atoms with E-state index in [1.807, 2.05) is 24.8 Å². The summed E-state index contributed by atoms with van der Waals surface area (Å²) < 4.78 is 2.10. The van der Waals surface area contributed by atoms with Gasteiger partial charge in [0, 0.05) is 25.5 Å². The molecule has 1 heterocycles. The quantitative estimate of drug-likeness (QED) is 0.828. The monoisotopic (exact) mass is 215 g/mol. The summed E-state index contributed by atoms with van der Waals surface area (Å²) in [5.41, 5.74) is 8.33. The molecule has 3 heteroatoms. The molecule has 0 saturated carbocycles. The van der Waals surface area contributed by atoms with Gasteiger partial charge in [-0.05, 0) is 24.0 Å². The molecule has 0 radical (unpaired) electrons. The minimum absolute atomic E-state index is 0.626. The largest absolute Gasteiger partial charge is 0.337 e. The molecule has 16 heavy (non-hydrogen) atoms. The van der Waals surface area contributed by atoms with Gasteiger partial charge in [0.25, 0.3) is 0 Å². The van der Waals surface area contributed by atoms with Gasteiger partial charge in [0.1, 0.15) is 0 Å². The van der Waals surface area contributed by atoms with Crippen LogP contribution >= 0.6 is 0 Å². The Morgan fingerprint density at radius 2 is 2.00 bits per heavy atom. The molecule has 0 aliphatic rings. The van der Waals surface area contributed by atoms with E-state index in [1.165, 1.54) is 11.1 Å². The first-order valence-electron chi connectivity index (χ1n) is 5.63. The first-order chi connectivity index (χ1) is 7.90. The summed E-state index contributed by atoms with van der Waals surface area (Å²) in [5.74, 6) is 0. The Morgan fingerprint density at radius 3 is 2.69 bits per heavy atom. The minimum Gasteiger partial charge on any atom is -0.337 e. The molecule has 2 rings (SSSR count). The minimum atomic E-state index is 0.626. The summed E-state index contributed by atoms with van der Waals surface area (Å²) in [6, 6.07) is 8.38. The van der Waals surface area contributed by atoms with E-state index < -0.39 is 0 Å². The van der Waals surface area contributed by atoms with Crippen molar-refractivity contribution in [3.05, 3.63) is 54.1 Å². The van der Waals surface area contributed by atoms with Crippen molar-refractivity contribution in [2.45, 2.75) is 25.9 Å². The zero-order valence-corrected chi connectivity index (χ0v) is 9.34. The van der Waals surface area contributed by atoms with Crippen molar-refractivity contribution in [2.75, 3.05) is 0 Å². The first-order valence-corrected chi connectivity index (χ1v) is 5.63. The molecule has 1 aromatic carbocycles. The number of aromatic nitrogens is 2. The van der Waals surface area contributed by atoms with Gasteiger partial charge in [-0.15, -0.1) is 0 Å². The summed E-state index contributed by atoms with van der Waals surface area (Å²) in [4.78, 5) is 4.02. The average Bonchev–Trinajstić information content (AvgIpc) is 2.83.